The molecule has 2 N–H and O–H groups in total. The molecule has 0 aliphatic rings. The Bertz CT molecular complexity index is 769. The van der Waals surface area contributed by atoms with E-state index in [0.29, 0.717) is 18.5 Å². The fourth-order valence-corrected chi connectivity index (χ4v) is 2.33. The van der Waals surface area contributed by atoms with Crippen LogP contribution in [0.1, 0.15) is 18.4 Å². The lowest BCUT2D eigenvalue weighted by Gasteiger charge is -2.11. The number of nitrogens with zero attached hydrogens (tertiary/aromatic N) is 1. The zero-order valence-electron chi connectivity index (χ0n) is 14.4. The minimum absolute atomic E-state index is 0.0102. The van der Waals surface area contributed by atoms with Crippen molar-refractivity contribution < 1.29 is 23.2 Å². The maximum atomic E-state index is 12.4. The van der Waals surface area contributed by atoms with Gasteiger partial charge in [-0.05, 0) is 24.6 Å². The average Bonchev–Trinajstić information content (AvgIpc) is 2.64. The maximum Gasteiger partial charge on any atom is 0.387 e. The zero-order valence-corrected chi connectivity index (χ0v) is 14.4. The Labute approximate surface area is 154 Å². The molecule has 0 fully saturated rings. The SMILES string of the molecule is O=C(CCCNc1ccc([N+](=O)[O-])cc1)NCc1ccccc1OC(F)F. The van der Waals surface area contributed by atoms with Crippen LogP contribution in [0.3, 0.4) is 0 Å². The van der Waals surface area contributed by atoms with Crippen molar-refractivity contribution in [2.45, 2.75) is 26.0 Å². The third-order valence-electron chi connectivity index (χ3n) is 3.65. The van der Waals surface area contributed by atoms with Gasteiger partial charge in [0.05, 0.1) is 4.92 Å². The highest BCUT2D eigenvalue weighted by Gasteiger charge is 2.10. The summed E-state index contributed by atoms with van der Waals surface area (Å²) in [6.07, 6.45) is 0.788. The lowest BCUT2D eigenvalue weighted by Crippen LogP contribution is -2.23. The first-order valence-electron chi connectivity index (χ1n) is 8.23. The minimum Gasteiger partial charge on any atom is -0.434 e. The van der Waals surface area contributed by atoms with Crippen LogP contribution in [0.15, 0.2) is 48.5 Å². The van der Waals surface area contributed by atoms with Gasteiger partial charge in [-0.3, -0.25) is 14.9 Å². The first-order chi connectivity index (χ1) is 13.0. The highest BCUT2D eigenvalue weighted by molar-refractivity contribution is 5.76. The van der Waals surface area contributed by atoms with Crippen molar-refractivity contribution >= 4 is 17.3 Å². The van der Waals surface area contributed by atoms with Gasteiger partial charge in [-0.25, -0.2) is 0 Å². The monoisotopic (exact) mass is 379 g/mol. The lowest BCUT2D eigenvalue weighted by atomic mass is 10.2. The van der Waals surface area contributed by atoms with E-state index in [9.17, 15) is 23.7 Å². The van der Waals surface area contributed by atoms with Crippen LogP contribution in [-0.2, 0) is 11.3 Å². The summed E-state index contributed by atoms with van der Waals surface area (Å²) < 4.78 is 29.1. The van der Waals surface area contributed by atoms with Crippen LogP contribution < -0.4 is 15.4 Å². The predicted octanol–water partition coefficient (Wildman–Crippen LogP) is 3.70. The summed E-state index contributed by atoms with van der Waals surface area (Å²) in [6.45, 7) is -2.32. The van der Waals surface area contributed by atoms with E-state index in [1.54, 1.807) is 30.3 Å². The van der Waals surface area contributed by atoms with Crippen LogP contribution in [0.2, 0.25) is 0 Å². The van der Waals surface area contributed by atoms with Crippen molar-refractivity contribution in [2.75, 3.05) is 11.9 Å². The second kappa shape index (κ2) is 10.0. The summed E-state index contributed by atoms with van der Waals surface area (Å²) in [5.41, 5.74) is 1.20. The number of rotatable bonds is 10. The van der Waals surface area contributed by atoms with Crippen molar-refractivity contribution in [3.8, 4) is 5.75 Å². The Morgan fingerprint density at radius 2 is 1.85 bits per heavy atom. The van der Waals surface area contributed by atoms with E-state index in [2.05, 4.69) is 15.4 Å². The van der Waals surface area contributed by atoms with Crippen LogP contribution in [0.25, 0.3) is 0 Å². The number of nitrogens with one attached hydrogen (secondary N) is 2. The van der Waals surface area contributed by atoms with E-state index in [-0.39, 0.29) is 30.3 Å². The lowest BCUT2D eigenvalue weighted by molar-refractivity contribution is -0.384. The summed E-state index contributed by atoms with van der Waals surface area (Å²) >= 11 is 0. The Morgan fingerprint density at radius 3 is 2.52 bits per heavy atom. The molecule has 27 heavy (non-hydrogen) atoms. The number of para-hydroxylation sites is 1. The maximum absolute atomic E-state index is 12.4. The van der Waals surface area contributed by atoms with E-state index in [4.69, 9.17) is 0 Å². The van der Waals surface area contributed by atoms with E-state index in [0.717, 1.165) is 5.69 Å². The predicted molar refractivity (Wildman–Crippen MR) is 95.7 cm³/mol. The molecule has 0 heterocycles. The number of nitro benzene ring substituents is 1. The number of alkyl halides is 2. The Morgan fingerprint density at radius 1 is 1.15 bits per heavy atom. The Kier molecular flexibility index (Phi) is 7.48. The second-order valence-corrected chi connectivity index (χ2v) is 5.60. The number of ether oxygens (including phenoxy) is 1. The zero-order chi connectivity index (χ0) is 19.6. The number of non-ortho nitro benzene ring substituents is 1. The van der Waals surface area contributed by atoms with E-state index < -0.39 is 11.5 Å². The van der Waals surface area contributed by atoms with Gasteiger partial charge in [0.1, 0.15) is 5.75 Å². The normalized spacial score (nSPS) is 10.5. The molecular weight excluding hydrogens is 360 g/mol. The van der Waals surface area contributed by atoms with Gasteiger partial charge in [-0.2, -0.15) is 8.78 Å². The van der Waals surface area contributed by atoms with Crippen molar-refractivity contribution in [1.82, 2.24) is 5.32 Å². The van der Waals surface area contributed by atoms with Crippen LogP contribution in [0.4, 0.5) is 20.2 Å². The summed E-state index contributed by atoms with van der Waals surface area (Å²) in [5, 5.41) is 16.3. The van der Waals surface area contributed by atoms with Crippen molar-refractivity contribution in [2.24, 2.45) is 0 Å². The molecule has 9 heteroatoms. The fraction of sp³-hybridized carbons (Fsp3) is 0.278. The molecule has 0 aromatic heterocycles. The molecule has 0 radical (unpaired) electrons. The molecule has 144 valence electrons. The number of anilines is 1. The van der Waals surface area contributed by atoms with E-state index in [1.165, 1.54) is 18.2 Å². The van der Waals surface area contributed by atoms with Gasteiger partial charge in [0.2, 0.25) is 5.91 Å². The van der Waals surface area contributed by atoms with Gasteiger partial charge in [0.25, 0.3) is 5.69 Å². The Hall–Kier alpha value is -3.23. The largest absolute Gasteiger partial charge is 0.434 e. The minimum atomic E-state index is -2.92. The molecule has 0 bridgehead atoms. The van der Waals surface area contributed by atoms with Crippen molar-refractivity contribution in [3.05, 3.63) is 64.2 Å². The number of carbonyl (C=O) groups is 1. The highest BCUT2D eigenvalue weighted by Crippen LogP contribution is 2.20. The molecule has 0 aliphatic heterocycles. The van der Waals surface area contributed by atoms with E-state index in [1.807, 2.05) is 0 Å². The topological polar surface area (TPSA) is 93.5 Å². The molecule has 0 unspecified atom stereocenters. The van der Waals surface area contributed by atoms with Gasteiger partial charge in [-0.1, -0.05) is 18.2 Å². The summed E-state index contributed by atoms with van der Waals surface area (Å²) in [4.78, 5) is 22.0. The molecule has 2 rings (SSSR count). The van der Waals surface area contributed by atoms with Gasteiger partial charge < -0.3 is 15.4 Å². The second-order valence-electron chi connectivity index (χ2n) is 5.60. The molecule has 0 spiro atoms. The molecular formula is C18H19F2N3O4. The number of hydrogen-bond donors (Lipinski definition) is 2. The summed E-state index contributed by atoms with van der Waals surface area (Å²) in [6, 6.07) is 12.3. The molecule has 1 amide bonds. The van der Waals surface area contributed by atoms with Gasteiger partial charge >= 0.3 is 6.61 Å². The number of nitro groups is 1. The first kappa shape index (κ1) is 20.1. The number of benzene rings is 2. The Balaban J connectivity index is 1.70. The number of halogens is 2. The molecule has 2 aromatic carbocycles. The van der Waals surface area contributed by atoms with Gasteiger partial charge in [0, 0.05) is 42.9 Å². The molecule has 0 aliphatic carbocycles. The van der Waals surface area contributed by atoms with Crippen LogP contribution in [-0.4, -0.2) is 24.0 Å². The van der Waals surface area contributed by atoms with Gasteiger partial charge in [-0.15, -0.1) is 0 Å². The molecule has 2 aromatic rings. The van der Waals surface area contributed by atoms with Crippen LogP contribution in [0.5, 0.6) is 5.75 Å². The molecule has 0 atom stereocenters. The van der Waals surface area contributed by atoms with E-state index >= 15 is 0 Å². The van der Waals surface area contributed by atoms with Crippen molar-refractivity contribution in [1.29, 1.82) is 0 Å². The standard InChI is InChI=1S/C18H19F2N3O4/c19-18(20)27-16-5-2-1-4-13(16)12-22-17(24)6-3-11-21-14-7-9-15(10-8-14)23(25)26/h1-2,4-5,7-10,18,21H,3,6,11-12H2,(H,22,24). The third kappa shape index (κ3) is 6.89. The highest BCUT2D eigenvalue weighted by atomic mass is 19.3. The van der Waals surface area contributed by atoms with Crippen LogP contribution >= 0.6 is 0 Å². The number of hydrogen-bond acceptors (Lipinski definition) is 5. The molecule has 0 saturated carbocycles. The van der Waals surface area contributed by atoms with Crippen LogP contribution in [0, 0.1) is 10.1 Å². The first-order valence-corrected chi connectivity index (χ1v) is 8.23. The number of amides is 1. The molecule has 0 saturated heterocycles. The summed E-state index contributed by atoms with van der Waals surface area (Å²) in [7, 11) is 0. The quantitative estimate of drug-likeness (QED) is 0.373. The van der Waals surface area contributed by atoms with Gasteiger partial charge in [0.15, 0.2) is 0 Å². The fourth-order valence-electron chi connectivity index (χ4n) is 2.33. The molecule has 7 nitrogen and oxygen atoms in total. The smallest absolute Gasteiger partial charge is 0.387 e. The third-order valence-corrected chi connectivity index (χ3v) is 3.65. The van der Waals surface area contributed by atoms with Crippen molar-refractivity contribution in [3.63, 3.8) is 0 Å². The number of carbonyl (C=O) groups excluding carboxylic acids is 1. The summed E-state index contributed by atoms with van der Waals surface area (Å²) in [5.74, 6) is -0.181. The average molecular weight is 379 g/mol.